The van der Waals surface area contributed by atoms with E-state index in [1.54, 1.807) is 23.7 Å². The van der Waals surface area contributed by atoms with E-state index >= 15 is 0 Å². The molecule has 6 nitrogen and oxygen atoms in total. The van der Waals surface area contributed by atoms with Gasteiger partial charge in [0.25, 0.3) is 0 Å². The highest BCUT2D eigenvalue weighted by Crippen LogP contribution is 2.26. The van der Waals surface area contributed by atoms with Gasteiger partial charge in [0.05, 0.1) is 25.0 Å². The Hall–Kier alpha value is -1.57. The molecule has 0 bridgehead atoms. The molecule has 150 valence electrons. The molecule has 1 aliphatic heterocycles. The van der Waals surface area contributed by atoms with Crippen LogP contribution in [0.3, 0.4) is 0 Å². The number of likely N-dealkylation sites (N-methyl/N-ethyl adjacent to an activating group) is 1. The van der Waals surface area contributed by atoms with E-state index in [1.165, 1.54) is 5.56 Å². The second kappa shape index (κ2) is 9.57. The maximum atomic E-state index is 12.5. The van der Waals surface area contributed by atoms with Crippen LogP contribution in [0.1, 0.15) is 26.3 Å². The topological polar surface area (TPSA) is 70.1 Å². The molecule has 27 heavy (non-hydrogen) atoms. The minimum Gasteiger partial charge on any atom is -0.480 e. The van der Waals surface area contributed by atoms with E-state index in [4.69, 9.17) is 9.84 Å². The number of carbonyl (C=O) groups is 2. The molecule has 1 heterocycles. The molecule has 1 unspecified atom stereocenters. The number of ether oxygens (including phenoxy) is 1. The monoisotopic (exact) mass is 394 g/mol. The second-order valence-electron chi connectivity index (χ2n) is 7.99. The van der Waals surface area contributed by atoms with Crippen molar-refractivity contribution in [3.05, 3.63) is 29.8 Å². The number of carboxylic acid groups (broad SMARTS) is 1. The van der Waals surface area contributed by atoms with Gasteiger partial charge in [0.1, 0.15) is 0 Å². The summed E-state index contributed by atoms with van der Waals surface area (Å²) in [5, 5.41) is 8.84. The molecular formula is C20H30N2O4S. The number of hydrogen-bond acceptors (Lipinski definition) is 5. The first-order valence-electron chi connectivity index (χ1n) is 9.18. The fraction of sp³-hybridized carbons (Fsp3) is 0.600. The Balaban J connectivity index is 1.82. The van der Waals surface area contributed by atoms with Crippen molar-refractivity contribution < 1.29 is 19.4 Å². The van der Waals surface area contributed by atoms with Gasteiger partial charge in [0.15, 0.2) is 0 Å². The Morgan fingerprint density at radius 2 is 1.96 bits per heavy atom. The van der Waals surface area contributed by atoms with Crippen LogP contribution >= 0.6 is 11.8 Å². The molecule has 0 aliphatic carbocycles. The third kappa shape index (κ3) is 7.16. The van der Waals surface area contributed by atoms with Crippen molar-refractivity contribution in [2.24, 2.45) is 0 Å². The summed E-state index contributed by atoms with van der Waals surface area (Å²) in [4.78, 5) is 27.9. The number of carbonyl (C=O) groups excluding carboxylic acids is 1. The van der Waals surface area contributed by atoms with Crippen LogP contribution in [-0.4, -0.2) is 78.5 Å². The number of aliphatic carboxylic acids is 1. The predicted octanol–water partition coefficient (Wildman–Crippen LogP) is 2.32. The zero-order chi connectivity index (χ0) is 20.0. The molecular weight excluding hydrogens is 364 g/mol. The van der Waals surface area contributed by atoms with Crippen molar-refractivity contribution in [3.63, 3.8) is 0 Å². The van der Waals surface area contributed by atoms with Crippen molar-refractivity contribution in [2.75, 3.05) is 45.6 Å². The van der Waals surface area contributed by atoms with Crippen molar-refractivity contribution >= 4 is 23.6 Å². The predicted molar refractivity (Wildman–Crippen MR) is 107 cm³/mol. The third-order valence-electron chi connectivity index (χ3n) is 4.49. The second-order valence-corrected chi connectivity index (χ2v) is 9.03. The van der Waals surface area contributed by atoms with Crippen LogP contribution in [0.4, 0.5) is 0 Å². The van der Waals surface area contributed by atoms with E-state index in [0.29, 0.717) is 32.0 Å². The summed E-state index contributed by atoms with van der Waals surface area (Å²) in [6.07, 6.45) is -0.150. The molecule has 1 atom stereocenters. The Morgan fingerprint density at radius 3 is 2.56 bits per heavy atom. The van der Waals surface area contributed by atoms with Gasteiger partial charge in [-0.25, -0.2) is 0 Å². The molecule has 1 fully saturated rings. The number of nitrogens with zero attached hydrogens (tertiary/aromatic N) is 2. The zero-order valence-corrected chi connectivity index (χ0v) is 17.4. The number of carboxylic acids is 1. The van der Waals surface area contributed by atoms with E-state index < -0.39 is 5.97 Å². The van der Waals surface area contributed by atoms with Gasteiger partial charge in [-0.05, 0) is 30.2 Å². The summed E-state index contributed by atoms with van der Waals surface area (Å²) in [6, 6.07) is 8.38. The summed E-state index contributed by atoms with van der Waals surface area (Å²) >= 11 is 1.54. The van der Waals surface area contributed by atoms with Gasteiger partial charge in [-0.15, -0.1) is 11.8 Å². The molecule has 0 spiro atoms. The molecule has 1 aromatic rings. The standard InChI is InChI=1S/C20H30N2O4S/c1-20(2,3)15-5-7-17(8-6-15)27-14-18(23)22-9-10-26-16(12-22)11-21(4)13-19(24)25/h5-8,16H,9-14H2,1-4H3,(H,24,25). The normalized spacial score (nSPS) is 18.0. The van der Waals surface area contributed by atoms with E-state index in [0.717, 1.165) is 4.90 Å². The van der Waals surface area contributed by atoms with Gasteiger partial charge in [-0.1, -0.05) is 32.9 Å². The molecule has 0 radical (unpaired) electrons. The van der Waals surface area contributed by atoms with Crippen LogP contribution < -0.4 is 0 Å². The molecule has 1 saturated heterocycles. The highest BCUT2D eigenvalue weighted by molar-refractivity contribution is 8.00. The van der Waals surface area contributed by atoms with E-state index in [9.17, 15) is 9.59 Å². The lowest BCUT2D eigenvalue weighted by atomic mass is 9.87. The van der Waals surface area contributed by atoms with Crippen LogP contribution in [0.25, 0.3) is 0 Å². The zero-order valence-electron chi connectivity index (χ0n) is 16.6. The van der Waals surface area contributed by atoms with Crippen molar-refractivity contribution in [3.8, 4) is 0 Å². The fourth-order valence-electron chi connectivity index (χ4n) is 2.99. The van der Waals surface area contributed by atoms with Crippen molar-refractivity contribution in [1.29, 1.82) is 0 Å². The Bertz CT molecular complexity index is 642. The summed E-state index contributed by atoms with van der Waals surface area (Å²) < 4.78 is 5.68. The summed E-state index contributed by atoms with van der Waals surface area (Å²) in [6.45, 7) is 8.59. The molecule has 7 heteroatoms. The molecule has 1 aromatic carbocycles. The number of amides is 1. The van der Waals surface area contributed by atoms with Crippen molar-refractivity contribution in [2.45, 2.75) is 37.2 Å². The lowest BCUT2D eigenvalue weighted by Gasteiger charge is -2.34. The quantitative estimate of drug-likeness (QED) is 0.716. The number of benzene rings is 1. The maximum Gasteiger partial charge on any atom is 0.317 e. The number of rotatable bonds is 7. The van der Waals surface area contributed by atoms with Crippen LogP contribution in [0.2, 0.25) is 0 Å². The number of hydrogen-bond donors (Lipinski definition) is 1. The number of morpholine rings is 1. The highest BCUT2D eigenvalue weighted by atomic mass is 32.2. The average molecular weight is 395 g/mol. The van der Waals surface area contributed by atoms with E-state index in [2.05, 4.69) is 45.0 Å². The first kappa shape index (κ1) is 21.7. The van der Waals surface area contributed by atoms with Gasteiger partial charge < -0.3 is 14.7 Å². The van der Waals surface area contributed by atoms with E-state index in [-0.39, 0.29) is 24.0 Å². The van der Waals surface area contributed by atoms with Gasteiger partial charge in [0.2, 0.25) is 5.91 Å². The SMILES string of the molecule is CN(CC(=O)O)CC1CN(C(=O)CSc2ccc(C(C)(C)C)cc2)CCO1. The average Bonchev–Trinajstić information content (AvgIpc) is 2.58. The lowest BCUT2D eigenvalue weighted by molar-refractivity contribution is -0.141. The summed E-state index contributed by atoms with van der Waals surface area (Å²) in [7, 11) is 1.75. The molecule has 2 rings (SSSR count). The first-order valence-corrected chi connectivity index (χ1v) is 10.2. The lowest BCUT2D eigenvalue weighted by Crippen LogP contribution is -2.50. The molecule has 1 amide bonds. The minimum atomic E-state index is -0.866. The summed E-state index contributed by atoms with van der Waals surface area (Å²) in [5.74, 6) is -0.378. The first-order chi connectivity index (χ1) is 12.6. The number of thioether (sulfide) groups is 1. The Morgan fingerprint density at radius 1 is 1.30 bits per heavy atom. The highest BCUT2D eigenvalue weighted by Gasteiger charge is 2.25. The third-order valence-corrected chi connectivity index (χ3v) is 5.49. The Kier molecular flexibility index (Phi) is 7.70. The van der Waals surface area contributed by atoms with Gasteiger partial charge in [0, 0.05) is 24.5 Å². The van der Waals surface area contributed by atoms with E-state index in [1.807, 2.05) is 4.90 Å². The van der Waals surface area contributed by atoms with Gasteiger partial charge >= 0.3 is 5.97 Å². The largest absolute Gasteiger partial charge is 0.480 e. The molecule has 0 saturated carbocycles. The smallest absolute Gasteiger partial charge is 0.317 e. The van der Waals surface area contributed by atoms with Crippen LogP contribution in [0.15, 0.2) is 29.2 Å². The fourth-order valence-corrected chi connectivity index (χ4v) is 3.79. The van der Waals surface area contributed by atoms with Gasteiger partial charge in [-0.3, -0.25) is 14.5 Å². The van der Waals surface area contributed by atoms with Crippen molar-refractivity contribution in [1.82, 2.24) is 9.80 Å². The van der Waals surface area contributed by atoms with Crippen LogP contribution in [0.5, 0.6) is 0 Å². The summed E-state index contributed by atoms with van der Waals surface area (Å²) in [5.41, 5.74) is 1.40. The van der Waals surface area contributed by atoms with Crippen LogP contribution in [-0.2, 0) is 19.7 Å². The maximum absolute atomic E-state index is 12.5. The molecule has 1 N–H and O–H groups in total. The minimum absolute atomic E-state index is 0.0335. The van der Waals surface area contributed by atoms with Crippen LogP contribution in [0, 0.1) is 0 Å². The molecule has 0 aromatic heterocycles. The Labute approximate surface area is 165 Å². The van der Waals surface area contributed by atoms with Gasteiger partial charge in [-0.2, -0.15) is 0 Å². The molecule has 1 aliphatic rings.